The maximum atomic E-state index is 12.4. The van der Waals surface area contributed by atoms with E-state index in [0.29, 0.717) is 0 Å². The quantitative estimate of drug-likeness (QED) is 0.803. The Balaban J connectivity index is 2.67. The maximum Gasteiger partial charge on any atom is 0.415 e. The molecular weight excluding hydrogens is 302 g/mol. The lowest BCUT2D eigenvalue weighted by atomic mass is 9.99. The Morgan fingerprint density at radius 2 is 1.67 bits per heavy atom. The van der Waals surface area contributed by atoms with E-state index in [2.05, 4.69) is 0 Å². The fraction of sp³-hybridized carbons (Fsp3) is 1.00. The van der Waals surface area contributed by atoms with Crippen molar-refractivity contribution in [2.75, 3.05) is 32.7 Å². The molecule has 0 aromatic rings. The largest absolute Gasteiger partial charge is 0.415 e. The summed E-state index contributed by atoms with van der Waals surface area (Å²) in [4.78, 5) is 2.62. The number of rotatable bonds is 4. The van der Waals surface area contributed by atoms with Gasteiger partial charge in [-0.25, -0.2) is 0 Å². The molecule has 0 radical (unpaired) electrons. The van der Waals surface area contributed by atoms with Crippen molar-refractivity contribution in [3.63, 3.8) is 0 Å². The minimum atomic E-state index is -4.72. The number of aliphatic hydroxyl groups excluding tert-OH is 1. The van der Waals surface area contributed by atoms with E-state index in [0.717, 1.165) is 0 Å². The fourth-order valence-corrected chi connectivity index (χ4v) is 2.49. The topological polar surface area (TPSA) is 26.7 Å². The smallest absolute Gasteiger partial charge is 0.382 e. The zero-order valence-corrected chi connectivity index (χ0v) is 11.9. The Kier molecular flexibility index (Phi) is 5.91. The van der Waals surface area contributed by atoms with E-state index in [9.17, 15) is 26.3 Å². The zero-order chi connectivity index (χ0) is 16.4. The molecule has 0 aliphatic carbocycles. The van der Waals surface area contributed by atoms with Gasteiger partial charge in [-0.05, 0) is 5.92 Å². The summed E-state index contributed by atoms with van der Waals surface area (Å²) in [5.41, 5.74) is 0. The SMILES string of the molecule is CC(C)[C@H]1CN(CC(F)(F)F)CCN1C[C@H](O)C(F)(F)F. The Labute approximate surface area is 119 Å². The molecule has 0 saturated carbocycles. The third-order valence-corrected chi connectivity index (χ3v) is 3.58. The normalized spacial score (nSPS) is 24.6. The van der Waals surface area contributed by atoms with Crippen molar-refractivity contribution >= 4 is 0 Å². The van der Waals surface area contributed by atoms with Gasteiger partial charge in [-0.2, -0.15) is 26.3 Å². The van der Waals surface area contributed by atoms with Crippen LogP contribution in [0.1, 0.15) is 13.8 Å². The minimum Gasteiger partial charge on any atom is -0.382 e. The number of halogens is 6. The molecule has 1 aliphatic heterocycles. The van der Waals surface area contributed by atoms with Gasteiger partial charge in [-0.3, -0.25) is 9.80 Å². The van der Waals surface area contributed by atoms with Crippen LogP contribution in [-0.4, -0.2) is 72.1 Å². The molecule has 9 heteroatoms. The van der Waals surface area contributed by atoms with Crippen LogP contribution in [0.15, 0.2) is 0 Å². The highest BCUT2D eigenvalue weighted by atomic mass is 19.4. The van der Waals surface area contributed by atoms with Gasteiger partial charge in [0.15, 0.2) is 6.10 Å². The first-order valence-corrected chi connectivity index (χ1v) is 6.68. The minimum absolute atomic E-state index is 0.0350. The summed E-state index contributed by atoms with van der Waals surface area (Å²) in [5.74, 6) is -0.110. The molecule has 0 bridgehead atoms. The van der Waals surface area contributed by atoms with Crippen molar-refractivity contribution in [2.24, 2.45) is 5.92 Å². The highest BCUT2D eigenvalue weighted by molar-refractivity contribution is 4.87. The van der Waals surface area contributed by atoms with Gasteiger partial charge in [0.2, 0.25) is 0 Å². The van der Waals surface area contributed by atoms with Crippen LogP contribution in [-0.2, 0) is 0 Å². The summed E-state index contributed by atoms with van der Waals surface area (Å²) in [7, 11) is 0. The van der Waals surface area contributed by atoms with Crippen molar-refractivity contribution in [3.05, 3.63) is 0 Å². The van der Waals surface area contributed by atoms with Crippen LogP contribution >= 0.6 is 0 Å². The molecule has 1 rings (SSSR count). The molecule has 2 atom stereocenters. The number of aliphatic hydroxyl groups is 1. The first-order valence-electron chi connectivity index (χ1n) is 6.68. The van der Waals surface area contributed by atoms with Crippen molar-refractivity contribution in [1.82, 2.24) is 9.80 Å². The predicted molar refractivity (Wildman–Crippen MR) is 64.8 cm³/mol. The Hall–Kier alpha value is -0.540. The summed E-state index contributed by atoms with van der Waals surface area (Å²) >= 11 is 0. The van der Waals surface area contributed by atoms with Gasteiger partial charge in [0, 0.05) is 32.2 Å². The van der Waals surface area contributed by atoms with Gasteiger partial charge in [0.05, 0.1) is 6.54 Å². The number of β-amino-alcohol motifs (C(OH)–C–C–N with tert-alkyl or cyclic N) is 1. The van der Waals surface area contributed by atoms with Gasteiger partial charge in [-0.1, -0.05) is 13.8 Å². The first kappa shape index (κ1) is 18.5. The molecule has 126 valence electrons. The van der Waals surface area contributed by atoms with Crippen molar-refractivity contribution < 1.29 is 31.4 Å². The molecule has 0 aromatic heterocycles. The summed E-state index contributed by atoms with van der Waals surface area (Å²) in [6, 6.07) is -0.446. The average molecular weight is 322 g/mol. The fourth-order valence-electron chi connectivity index (χ4n) is 2.49. The predicted octanol–water partition coefficient (Wildman–Crippen LogP) is 2.11. The zero-order valence-electron chi connectivity index (χ0n) is 11.9. The van der Waals surface area contributed by atoms with Crippen molar-refractivity contribution in [3.8, 4) is 0 Å². The second kappa shape index (κ2) is 6.70. The van der Waals surface area contributed by atoms with Gasteiger partial charge >= 0.3 is 12.4 Å². The van der Waals surface area contributed by atoms with Crippen LogP contribution in [0, 0.1) is 5.92 Å². The van der Waals surface area contributed by atoms with Crippen LogP contribution in [0.4, 0.5) is 26.3 Å². The third-order valence-electron chi connectivity index (χ3n) is 3.58. The van der Waals surface area contributed by atoms with E-state index in [1.54, 1.807) is 13.8 Å². The monoisotopic (exact) mass is 322 g/mol. The van der Waals surface area contributed by atoms with E-state index in [4.69, 9.17) is 5.11 Å². The van der Waals surface area contributed by atoms with Gasteiger partial charge < -0.3 is 5.11 Å². The highest BCUT2D eigenvalue weighted by Gasteiger charge is 2.42. The molecule has 0 aromatic carbocycles. The number of hydrogen-bond donors (Lipinski definition) is 1. The lowest BCUT2D eigenvalue weighted by Gasteiger charge is -2.44. The van der Waals surface area contributed by atoms with Gasteiger partial charge in [-0.15, -0.1) is 0 Å². The Morgan fingerprint density at radius 1 is 1.10 bits per heavy atom. The lowest BCUT2D eigenvalue weighted by Crippen LogP contribution is -2.59. The van der Waals surface area contributed by atoms with Crippen LogP contribution in [0.2, 0.25) is 0 Å². The second-order valence-electron chi connectivity index (χ2n) is 5.71. The Morgan fingerprint density at radius 3 is 2.10 bits per heavy atom. The summed E-state index contributed by atoms with van der Waals surface area (Å²) < 4.78 is 74.4. The molecule has 3 nitrogen and oxygen atoms in total. The number of alkyl halides is 6. The molecule has 1 fully saturated rings. The van der Waals surface area contributed by atoms with E-state index in [1.807, 2.05) is 0 Å². The molecule has 1 aliphatic rings. The van der Waals surface area contributed by atoms with Crippen molar-refractivity contribution in [2.45, 2.75) is 38.3 Å². The van der Waals surface area contributed by atoms with Gasteiger partial charge in [0.25, 0.3) is 0 Å². The van der Waals surface area contributed by atoms with Crippen molar-refractivity contribution in [1.29, 1.82) is 0 Å². The summed E-state index contributed by atoms with van der Waals surface area (Å²) in [5, 5.41) is 9.13. The van der Waals surface area contributed by atoms with Crippen LogP contribution in [0.3, 0.4) is 0 Å². The molecule has 1 N–H and O–H groups in total. The van der Waals surface area contributed by atoms with Crippen LogP contribution in [0.5, 0.6) is 0 Å². The van der Waals surface area contributed by atoms with E-state index in [1.165, 1.54) is 9.80 Å². The molecule has 21 heavy (non-hydrogen) atoms. The standard InChI is InChI=1S/C12H20F6N2O/c1-8(2)9-5-19(7-11(13,14)15)3-4-20(9)6-10(21)12(16,17)18/h8-10,21H,3-7H2,1-2H3/t9-,10+/m1/s1. The van der Waals surface area contributed by atoms with Crippen LogP contribution in [0.25, 0.3) is 0 Å². The molecule has 0 unspecified atom stereocenters. The molecular formula is C12H20F6N2O. The molecule has 0 amide bonds. The second-order valence-corrected chi connectivity index (χ2v) is 5.71. The van der Waals surface area contributed by atoms with Crippen LogP contribution < -0.4 is 0 Å². The first-order chi connectivity index (χ1) is 9.40. The molecule has 1 saturated heterocycles. The van der Waals surface area contributed by atoms with Gasteiger partial charge in [0.1, 0.15) is 0 Å². The number of piperazine rings is 1. The van der Waals surface area contributed by atoms with E-state index in [-0.39, 0.29) is 25.6 Å². The average Bonchev–Trinajstić information content (AvgIpc) is 2.27. The highest BCUT2D eigenvalue weighted by Crippen LogP contribution is 2.25. The number of hydrogen-bond acceptors (Lipinski definition) is 3. The third kappa shape index (κ3) is 5.99. The molecule has 1 heterocycles. The summed E-state index contributed by atoms with van der Waals surface area (Å²) in [6.45, 7) is 1.97. The maximum absolute atomic E-state index is 12.4. The van der Waals surface area contributed by atoms with E-state index < -0.39 is 37.6 Å². The summed E-state index contributed by atoms with van der Waals surface area (Å²) in [6.07, 6.45) is -11.5. The lowest BCUT2D eigenvalue weighted by molar-refractivity contribution is -0.212. The molecule has 0 spiro atoms. The Bertz CT molecular complexity index is 331. The number of nitrogens with zero attached hydrogens (tertiary/aromatic N) is 2. The van der Waals surface area contributed by atoms with E-state index >= 15 is 0 Å².